The zero-order valence-electron chi connectivity index (χ0n) is 23.1. The van der Waals surface area contributed by atoms with Gasteiger partial charge in [0.1, 0.15) is 0 Å². The van der Waals surface area contributed by atoms with Crippen LogP contribution in [0, 0.1) is 0 Å². The third-order valence-corrected chi connectivity index (χ3v) is 7.98. The predicted molar refractivity (Wildman–Crippen MR) is 157 cm³/mol. The van der Waals surface area contributed by atoms with Gasteiger partial charge in [-0.1, -0.05) is 107 Å². The van der Waals surface area contributed by atoms with Crippen LogP contribution in [0.4, 0.5) is 10.5 Å². The number of benzene rings is 3. The number of rotatable bonds is 9. The smallest absolute Gasteiger partial charge is 0.322 e. The van der Waals surface area contributed by atoms with E-state index < -0.39 is 0 Å². The molecule has 0 bridgehead atoms. The minimum absolute atomic E-state index is 0.0613. The molecule has 0 radical (unpaired) electrons. The van der Waals surface area contributed by atoms with E-state index in [1.165, 1.54) is 22.3 Å². The lowest BCUT2D eigenvalue weighted by Crippen LogP contribution is -2.45. The molecule has 4 rings (SSSR count). The molecule has 0 atom stereocenters. The van der Waals surface area contributed by atoms with Crippen LogP contribution in [0.1, 0.15) is 99.8 Å². The van der Waals surface area contributed by atoms with Crippen molar-refractivity contribution in [3.05, 3.63) is 101 Å². The second-order valence-corrected chi connectivity index (χ2v) is 11.2. The molecule has 0 aliphatic heterocycles. The number of anilines is 1. The maximum absolute atomic E-state index is 14.0. The van der Waals surface area contributed by atoms with Crippen LogP contribution < -0.4 is 5.32 Å². The number of carbonyl (C=O) groups is 1. The van der Waals surface area contributed by atoms with Crippen molar-refractivity contribution in [1.82, 2.24) is 4.90 Å². The van der Waals surface area contributed by atoms with Crippen molar-refractivity contribution < 1.29 is 4.79 Å². The Morgan fingerprint density at radius 1 is 0.784 bits per heavy atom. The van der Waals surface area contributed by atoms with Crippen molar-refractivity contribution in [2.45, 2.75) is 90.0 Å². The van der Waals surface area contributed by atoms with Crippen molar-refractivity contribution in [2.75, 3.05) is 11.9 Å². The molecular formula is C34H44N2O. The molecule has 1 aliphatic carbocycles. The number of hydrogen-bond acceptors (Lipinski definition) is 1. The normalized spacial score (nSPS) is 17.7. The SMILES string of the molecule is CC(C)c1cccc(C(C)C)c1NC(=O)N(CCCc1ccccc1)C1CCC(c2ccccc2)CC1. The summed E-state index contributed by atoms with van der Waals surface area (Å²) in [7, 11) is 0. The average molecular weight is 497 g/mol. The number of para-hydroxylation sites is 1. The zero-order valence-corrected chi connectivity index (χ0v) is 23.1. The first-order chi connectivity index (χ1) is 17.9. The van der Waals surface area contributed by atoms with Gasteiger partial charge in [-0.25, -0.2) is 4.79 Å². The fourth-order valence-corrected chi connectivity index (χ4v) is 5.87. The summed E-state index contributed by atoms with van der Waals surface area (Å²) < 4.78 is 0. The Morgan fingerprint density at radius 2 is 1.35 bits per heavy atom. The van der Waals surface area contributed by atoms with Gasteiger partial charge in [0.25, 0.3) is 0 Å². The van der Waals surface area contributed by atoms with Gasteiger partial charge < -0.3 is 10.2 Å². The lowest BCUT2D eigenvalue weighted by Gasteiger charge is -2.37. The van der Waals surface area contributed by atoms with Crippen LogP contribution in [0.2, 0.25) is 0 Å². The minimum Gasteiger partial charge on any atom is -0.322 e. The van der Waals surface area contributed by atoms with Crippen molar-refractivity contribution in [1.29, 1.82) is 0 Å². The molecule has 0 aromatic heterocycles. The van der Waals surface area contributed by atoms with E-state index in [1.807, 2.05) is 0 Å². The molecule has 0 unspecified atom stereocenters. The van der Waals surface area contributed by atoms with Gasteiger partial charge in [-0.05, 0) is 78.5 Å². The van der Waals surface area contributed by atoms with E-state index in [9.17, 15) is 4.79 Å². The van der Waals surface area contributed by atoms with Crippen LogP contribution in [0.25, 0.3) is 0 Å². The summed E-state index contributed by atoms with van der Waals surface area (Å²) in [5.41, 5.74) is 6.23. The molecule has 1 saturated carbocycles. The van der Waals surface area contributed by atoms with Gasteiger partial charge in [0, 0.05) is 18.3 Å². The number of amides is 2. The molecule has 3 heteroatoms. The first kappa shape index (κ1) is 27.0. The quantitative estimate of drug-likeness (QED) is 0.315. The highest BCUT2D eigenvalue weighted by Gasteiger charge is 2.30. The van der Waals surface area contributed by atoms with Crippen LogP contribution in [0.15, 0.2) is 78.9 Å². The summed E-state index contributed by atoms with van der Waals surface area (Å²) in [5.74, 6) is 1.30. The summed E-state index contributed by atoms with van der Waals surface area (Å²) in [5, 5.41) is 3.42. The third kappa shape index (κ3) is 7.03. The lowest BCUT2D eigenvalue weighted by atomic mass is 9.81. The van der Waals surface area contributed by atoms with E-state index in [0.717, 1.165) is 50.8 Å². The molecule has 0 heterocycles. The maximum Gasteiger partial charge on any atom is 0.322 e. The van der Waals surface area contributed by atoms with Crippen molar-refractivity contribution in [3.8, 4) is 0 Å². The fraction of sp³-hybridized carbons (Fsp3) is 0.441. The Labute approximate surface area is 224 Å². The van der Waals surface area contributed by atoms with Crippen molar-refractivity contribution in [2.24, 2.45) is 0 Å². The van der Waals surface area contributed by atoms with Gasteiger partial charge in [-0.3, -0.25) is 0 Å². The summed E-state index contributed by atoms with van der Waals surface area (Å²) in [6.07, 6.45) is 6.35. The Kier molecular flexibility index (Phi) is 9.44. The van der Waals surface area contributed by atoms with E-state index in [-0.39, 0.29) is 12.1 Å². The summed E-state index contributed by atoms with van der Waals surface area (Å²) in [6.45, 7) is 9.60. The Balaban J connectivity index is 1.51. The van der Waals surface area contributed by atoms with E-state index in [2.05, 4.69) is 117 Å². The van der Waals surface area contributed by atoms with Gasteiger partial charge in [-0.2, -0.15) is 0 Å². The van der Waals surface area contributed by atoms with Crippen LogP contribution in [-0.2, 0) is 6.42 Å². The summed E-state index contributed by atoms with van der Waals surface area (Å²) in [4.78, 5) is 16.1. The Bertz CT molecular complexity index is 1090. The topological polar surface area (TPSA) is 32.3 Å². The average Bonchev–Trinajstić information content (AvgIpc) is 2.92. The van der Waals surface area contributed by atoms with Gasteiger partial charge in [0.2, 0.25) is 0 Å². The van der Waals surface area contributed by atoms with Gasteiger partial charge in [-0.15, -0.1) is 0 Å². The van der Waals surface area contributed by atoms with Crippen LogP contribution in [0.3, 0.4) is 0 Å². The van der Waals surface area contributed by atoms with Crippen molar-refractivity contribution in [3.63, 3.8) is 0 Å². The van der Waals surface area contributed by atoms with Crippen LogP contribution >= 0.6 is 0 Å². The van der Waals surface area contributed by atoms with Crippen molar-refractivity contribution >= 4 is 11.7 Å². The highest BCUT2D eigenvalue weighted by atomic mass is 16.2. The summed E-state index contributed by atoms with van der Waals surface area (Å²) in [6, 6.07) is 28.3. The van der Waals surface area contributed by atoms with E-state index in [4.69, 9.17) is 0 Å². The molecule has 37 heavy (non-hydrogen) atoms. The van der Waals surface area contributed by atoms with Crippen LogP contribution in [0.5, 0.6) is 0 Å². The van der Waals surface area contributed by atoms with Gasteiger partial charge in [0.05, 0.1) is 0 Å². The molecule has 3 aromatic carbocycles. The number of urea groups is 1. The molecule has 2 amide bonds. The number of hydrogen-bond donors (Lipinski definition) is 1. The minimum atomic E-state index is 0.0613. The molecule has 1 fully saturated rings. The van der Waals surface area contributed by atoms with E-state index >= 15 is 0 Å². The molecule has 3 aromatic rings. The number of nitrogens with zero attached hydrogens (tertiary/aromatic N) is 1. The Morgan fingerprint density at radius 3 is 1.92 bits per heavy atom. The monoisotopic (exact) mass is 496 g/mol. The molecule has 1 aliphatic rings. The van der Waals surface area contributed by atoms with E-state index in [1.54, 1.807) is 0 Å². The molecule has 3 nitrogen and oxygen atoms in total. The fourth-order valence-electron chi connectivity index (χ4n) is 5.87. The number of aryl methyl sites for hydroxylation is 1. The third-order valence-electron chi connectivity index (χ3n) is 7.98. The second kappa shape index (κ2) is 12.9. The first-order valence-electron chi connectivity index (χ1n) is 14.2. The largest absolute Gasteiger partial charge is 0.322 e. The molecule has 0 spiro atoms. The highest BCUT2D eigenvalue weighted by molar-refractivity contribution is 5.91. The zero-order chi connectivity index (χ0) is 26.2. The second-order valence-electron chi connectivity index (χ2n) is 11.2. The highest BCUT2D eigenvalue weighted by Crippen LogP contribution is 2.36. The van der Waals surface area contributed by atoms with Gasteiger partial charge in [0.15, 0.2) is 0 Å². The molecular weight excluding hydrogens is 452 g/mol. The lowest BCUT2D eigenvalue weighted by molar-refractivity contribution is 0.161. The van der Waals surface area contributed by atoms with Gasteiger partial charge >= 0.3 is 6.03 Å². The maximum atomic E-state index is 14.0. The summed E-state index contributed by atoms with van der Waals surface area (Å²) >= 11 is 0. The first-order valence-corrected chi connectivity index (χ1v) is 14.2. The van der Waals surface area contributed by atoms with Crippen LogP contribution in [-0.4, -0.2) is 23.5 Å². The number of nitrogens with one attached hydrogen (secondary N) is 1. The molecule has 196 valence electrons. The standard InChI is InChI=1S/C34H44N2O/c1-25(2)31-18-11-19-32(26(3)4)33(31)35-34(37)36(24-12-15-27-13-7-5-8-14-27)30-22-20-29(21-23-30)28-16-9-6-10-17-28/h5-11,13-14,16-19,25-26,29-30H,12,15,20-24H2,1-4H3,(H,35,37). The number of carbonyl (C=O) groups excluding carboxylic acids is 1. The predicted octanol–water partition coefficient (Wildman–Crippen LogP) is 9.13. The van der Waals surface area contributed by atoms with E-state index in [0.29, 0.717) is 17.8 Å². The Hall–Kier alpha value is -3.07. The molecule has 1 N–H and O–H groups in total. The molecule has 0 saturated heterocycles.